The fourth-order valence-electron chi connectivity index (χ4n) is 5.72. The molecule has 5 rings (SSSR count). The second-order valence-electron chi connectivity index (χ2n) is 10.6. The van der Waals surface area contributed by atoms with E-state index in [0.717, 1.165) is 55.6 Å². The van der Waals surface area contributed by atoms with Crippen LogP contribution in [0, 0.1) is 0 Å². The minimum Gasteiger partial charge on any atom is -0.382 e. The Hall–Kier alpha value is -3.52. The highest BCUT2D eigenvalue weighted by Crippen LogP contribution is 2.37. The number of amidine groups is 1. The number of aromatic nitrogens is 2. The molecule has 1 aromatic carbocycles. The molecule has 5 N–H and O–H groups in total. The molecule has 14 heteroatoms. The van der Waals surface area contributed by atoms with Crippen LogP contribution in [0.1, 0.15) is 52.1 Å². The van der Waals surface area contributed by atoms with Gasteiger partial charge in [-0.3, -0.25) is 14.6 Å². The summed E-state index contributed by atoms with van der Waals surface area (Å²) >= 11 is 5.92. The molecule has 1 aromatic heterocycles. The molecule has 0 saturated carbocycles. The van der Waals surface area contributed by atoms with Gasteiger partial charge in [0.25, 0.3) is 11.8 Å². The number of piperidine rings is 1. The zero-order valence-electron chi connectivity index (χ0n) is 23.7. The average molecular weight is 601 g/mol. The Morgan fingerprint density at radius 3 is 2.60 bits per heavy atom. The summed E-state index contributed by atoms with van der Waals surface area (Å²) in [6.07, 6.45) is 3.67. The first kappa shape index (κ1) is 30.0. The Bertz CT molecular complexity index is 1350. The van der Waals surface area contributed by atoms with Gasteiger partial charge in [0, 0.05) is 51.0 Å². The van der Waals surface area contributed by atoms with E-state index in [1.807, 2.05) is 17.0 Å². The highest BCUT2D eigenvalue weighted by molar-refractivity contribution is 6.31. The molecule has 42 heavy (non-hydrogen) atoms. The van der Waals surface area contributed by atoms with Gasteiger partial charge < -0.3 is 40.8 Å². The van der Waals surface area contributed by atoms with E-state index in [0.29, 0.717) is 45.2 Å². The fourth-order valence-corrected chi connectivity index (χ4v) is 5.85. The number of benzene rings is 1. The van der Waals surface area contributed by atoms with E-state index in [-0.39, 0.29) is 40.7 Å². The molecule has 226 valence electrons. The molecule has 2 aromatic rings. The number of carbonyl (C=O) groups excluding carboxylic acids is 2. The van der Waals surface area contributed by atoms with Gasteiger partial charge in [0.05, 0.1) is 25.4 Å². The largest absolute Gasteiger partial charge is 0.382 e. The highest BCUT2D eigenvalue weighted by Gasteiger charge is 2.40. The number of anilines is 3. The van der Waals surface area contributed by atoms with E-state index in [1.165, 1.54) is 0 Å². The van der Waals surface area contributed by atoms with Crippen LogP contribution in [0.5, 0.6) is 0 Å². The Labute approximate surface area is 249 Å². The molecular weight excluding hydrogens is 564 g/mol. The summed E-state index contributed by atoms with van der Waals surface area (Å²) in [6, 6.07) is 5.95. The lowest BCUT2D eigenvalue weighted by Crippen LogP contribution is -2.45. The molecule has 2 amide bonds. The first-order chi connectivity index (χ1) is 20.3. The number of nitrogens with one attached hydrogen (secondary N) is 1. The Balaban J connectivity index is 1.15. The van der Waals surface area contributed by atoms with Crippen molar-refractivity contribution < 1.29 is 23.8 Å². The first-order valence-corrected chi connectivity index (χ1v) is 14.5. The maximum Gasteiger partial charge on any atom is 0.279 e. The van der Waals surface area contributed by atoms with E-state index < -0.39 is 5.91 Å². The second kappa shape index (κ2) is 13.2. The average Bonchev–Trinajstić information content (AvgIpc) is 3.58. The molecule has 0 atom stereocenters. The third-order valence-corrected chi connectivity index (χ3v) is 8.29. The lowest BCUT2D eigenvalue weighted by atomic mass is 9.85. The number of carbonyl (C=O) groups is 2. The lowest BCUT2D eigenvalue weighted by Gasteiger charge is -2.37. The maximum atomic E-state index is 13.6. The third kappa shape index (κ3) is 6.59. The summed E-state index contributed by atoms with van der Waals surface area (Å²) in [7, 11) is 1.63. The number of aliphatic imine (C=N–C) groups is 1. The maximum absolute atomic E-state index is 13.6. The predicted octanol–water partition coefficient (Wildman–Crippen LogP) is 1.89. The van der Waals surface area contributed by atoms with Crippen molar-refractivity contribution in [1.29, 1.82) is 0 Å². The summed E-state index contributed by atoms with van der Waals surface area (Å²) in [5.41, 5.74) is 14.0. The second-order valence-corrected chi connectivity index (χ2v) is 11.0. The van der Waals surface area contributed by atoms with Crippen LogP contribution in [0.2, 0.25) is 5.15 Å². The van der Waals surface area contributed by atoms with Gasteiger partial charge in [-0.15, -0.1) is 0 Å². The summed E-state index contributed by atoms with van der Waals surface area (Å²) < 4.78 is 15.9. The molecule has 1 saturated heterocycles. The van der Waals surface area contributed by atoms with Crippen molar-refractivity contribution in [2.75, 3.05) is 76.3 Å². The van der Waals surface area contributed by atoms with E-state index in [9.17, 15) is 9.59 Å². The zero-order valence-corrected chi connectivity index (χ0v) is 24.5. The minimum atomic E-state index is -0.528. The number of nitrogen functional groups attached to an aromatic ring is 2. The van der Waals surface area contributed by atoms with Crippen LogP contribution in [-0.4, -0.2) is 98.0 Å². The van der Waals surface area contributed by atoms with E-state index in [2.05, 4.69) is 26.3 Å². The van der Waals surface area contributed by atoms with E-state index in [1.54, 1.807) is 7.11 Å². The molecule has 0 aliphatic carbocycles. The summed E-state index contributed by atoms with van der Waals surface area (Å²) in [5, 5.41) is 2.72. The Morgan fingerprint density at radius 1 is 1.02 bits per heavy atom. The molecular formula is C28H37ClN8O5. The summed E-state index contributed by atoms with van der Waals surface area (Å²) in [6.45, 7) is 4.58. The van der Waals surface area contributed by atoms with Crippen LogP contribution in [0.25, 0.3) is 0 Å². The number of likely N-dealkylation sites (tertiary alicyclic amines) is 1. The highest BCUT2D eigenvalue weighted by atomic mass is 35.5. The van der Waals surface area contributed by atoms with Gasteiger partial charge in [-0.2, -0.15) is 0 Å². The van der Waals surface area contributed by atoms with Crippen molar-refractivity contribution in [1.82, 2.24) is 20.2 Å². The lowest BCUT2D eigenvalue weighted by molar-refractivity contribution is -0.0634. The summed E-state index contributed by atoms with van der Waals surface area (Å²) in [4.78, 5) is 43.2. The van der Waals surface area contributed by atoms with Crippen LogP contribution in [-0.2, 0) is 20.6 Å². The predicted molar refractivity (Wildman–Crippen MR) is 159 cm³/mol. The number of hydrogen-bond donors (Lipinski definition) is 3. The van der Waals surface area contributed by atoms with Gasteiger partial charge in [0.15, 0.2) is 22.5 Å². The molecule has 3 aliphatic heterocycles. The molecule has 0 unspecified atom stereocenters. The molecule has 0 radical (unpaired) electrons. The Morgan fingerprint density at radius 2 is 1.81 bits per heavy atom. The normalized spacial score (nSPS) is 17.4. The number of rotatable bonds is 10. The van der Waals surface area contributed by atoms with Crippen molar-refractivity contribution in [2.45, 2.75) is 37.6 Å². The SMILES string of the molecule is COCCOCOCCN1CCc2c(C(=O)N3CCC4(CCC(NC(=O)c5nc(Cl)c(N)nc5N)=N4)CC3)cccc21. The van der Waals surface area contributed by atoms with Crippen molar-refractivity contribution in [3.8, 4) is 0 Å². The minimum absolute atomic E-state index is 0.0350. The van der Waals surface area contributed by atoms with Gasteiger partial charge in [-0.05, 0) is 43.4 Å². The van der Waals surface area contributed by atoms with Crippen LogP contribution in [0.4, 0.5) is 17.3 Å². The van der Waals surface area contributed by atoms with Crippen molar-refractivity contribution >= 4 is 46.6 Å². The van der Waals surface area contributed by atoms with Gasteiger partial charge >= 0.3 is 0 Å². The molecule has 13 nitrogen and oxygen atoms in total. The molecule has 1 spiro atoms. The number of hydrogen-bond acceptors (Lipinski definition) is 11. The van der Waals surface area contributed by atoms with Gasteiger partial charge in [0.2, 0.25) is 0 Å². The molecule has 1 fully saturated rings. The van der Waals surface area contributed by atoms with Crippen LogP contribution in [0.3, 0.4) is 0 Å². The van der Waals surface area contributed by atoms with Gasteiger partial charge in [-0.25, -0.2) is 9.97 Å². The number of amides is 2. The molecule has 4 heterocycles. The number of halogens is 1. The molecule has 3 aliphatic rings. The number of fused-ring (bicyclic) bond motifs is 1. The standard InChI is InChI=1S/C28H37ClN8O5/c1-40-15-16-42-17-41-14-13-36-10-6-18-19(3-2-4-20(18)36)27(39)37-11-8-28(9-12-37)7-5-21(35-28)32-26(38)22-24(30)34-25(31)23(29)33-22/h2-4H,5-17H2,1H3,(H4,30,31,34)(H,32,35,38). The monoisotopic (exact) mass is 600 g/mol. The smallest absolute Gasteiger partial charge is 0.279 e. The quantitative estimate of drug-likeness (QED) is 0.270. The fraction of sp³-hybridized carbons (Fsp3) is 0.536. The van der Waals surface area contributed by atoms with E-state index in [4.69, 9.17) is 42.3 Å². The van der Waals surface area contributed by atoms with E-state index >= 15 is 0 Å². The number of nitrogens with zero attached hydrogens (tertiary/aromatic N) is 5. The van der Waals surface area contributed by atoms with Gasteiger partial charge in [0.1, 0.15) is 12.6 Å². The topological polar surface area (TPSA) is 171 Å². The van der Waals surface area contributed by atoms with Crippen molar-refractivity contribution in [3.63, 3.8) is 0 Å². The number of ether oxygens (including phenoxy) is 3. The number of nitrogens with two attached hydrogens (primary N) is 2. The van der Waals surface area contributed by atoms with Crippen molar-refractivity contribution in [3.05, 3.63) is 40.2 Å². The first-order valence-electron chi connectivity index (χ1n) is 14.1. The van der Waals surface area contributed by atoms with Crippen LogP contribution >= 0.6 is 11.6 Å². The summed E-state index contributed by atoms with van der Waals surface area (Å²) in [5.74, 6) is -0.0374. The van der Waals surface area contributed by atoms with Crippen LogP contribution in [0.15, 0.2) is 23.2 Å². The zero-order chi connectivity index (χ0) is 29.7. The van der Waals surface area contributed by atoms with Gasteiger partial charge in [-0.1, -0.05) is 17.7 Å². The molecule has 0 bridgehead atoms. The number of methoxy groups -OCH3 is 1. The van der Waals surface area contributed by atoms with Crippen molar-refractivity contribution in [2.24, 2.45) is 4.99 Å². The third-order valence-electron chi connectivity index (χ3n) is 8.02. The van der Waals surface area contributed by atoms with Crippen LogP contribution < -0.4 is 21.7 Å². The Kier molecular flexibility index (Phi) is 9.41.